The van der Waals surface area contributed by atoms with Crippen molar-refractivity contribution in [3.63, 3.8) is 0 Å². The van der Waals surface area contributed by atoms with Gasteiger partial charge < -0.3 is 9.30 Å². The van der Waals surface area contributed by atoms with Crippen molar-refractivity contribution in [2.24, 2.45) is 0 Å². The fourth-order valence-electron chi connectivity index (χ4n) is 2.18. The quantitative estimate of drug-likeness (QED) is 0.744. The second kappa shape index (κ2) is 7.22. The van der Waals surface area contributed by atoms with E-state index in [4.69, 9.17) is 4.74 Å². The molecule has 0 fully saturated rings. The van der Waals surface area contributed by atoms with Crippen LogP contribution in [0, 0.1) is 0 Å². The third-order valence-corrected chi connectivity index (χ3v) is 4.38. The van der Waals surface area contributed by atoms with Crippen LogP contribution in [0.3, 0.4) is 0 Å². The van der Waals surface area contributed by atoms with Crippen molar-refractivity contribution in [2.75, 3.05) is 12.4 Å². The average molecular weight is 343 g/mol. The molecule has 3 aromatic rings. The highest BCUT2D eigenvalue weighted by Crippen LogP contribution is 2.21. The maximum atomic E-state index is 12.2. The van der Waals surface area contributed by atoms with Crippen molar-refractivity contribution in [2.45, 2.75) is 19.4 Å². The Morgan fingerprint density at radius 3 is 3.04 bits per heavy atom. The predicted molar refractivity (Wildman–Crippen MR) is 91.3 cm³/mol. The first-order chi connectivity index (χ1) is 11.7. The molecule has 3 rings (SSSR count). The van der Waals surface area contributed by atoms with Gasteiger partial charge in [0.2, 0.25) is 11.0 Å². The van der Waals surface area contributed by atoms with E-state index < -0.39 is 0 Å². The van der Waals surface area contributed by atoms with Crippen LogP contribution in [0.1, 0.15) is 23.5 Å². The molecule has 1 aromatic carbocycles. The molecule has 0 aliphatic heterocycles. The Morgan fingerprint density at radius 1 is 1.42 bits per heavy atom. The number of ether oxygens (including phenoxy) is 1. The largest absolute Gasteiger partial charge is 0.497 e. The van der Waals surface area contributed by atoms with Gasteiger partial charge in [-0.3, -0.25) is 10.1 Å². The van der Waals surface area contributed by atoms with Crippen LogP contribution >= 0.6 is 11.3 Å². The zero-order chi connectivity index (χ0) is 16.9. The van der Waals surface area contributed by atoms with Gasteiger partial charge in [0.25, 0.3) is 0 Å². The number of amides is 1. The molecule has 1 amide bonds. The highest BCUT2D eigenvalue weighted by Gasteiger charge is 2.16. The monoisotopic (exact) mass is 343 g/mol. The number of hydrogen-bond acceptors (Lipinski definition) is 6. The molecule has 8 heteroatoms. The summed E-state index contributed by atoms with van der Waals surface area (Å²) in [6, 6.07) is 7.43. The topological polar surface area (TPSA) is 81.9 Å². The molecule has 124 valence electrons. The Hall–Kier alpha value is -2.74. The van der Waals surface area contributed by atoms with E-state index in [-0.39, 0.29) is 11.9 Å². The molecule has 1 unspecified atom stereocenters. The number of nitrogens with one attached hydrogen (secondary N) is 1. The molecule has 24 heavy (non-hydrogen) atoms. The van der Waals surface area contributed by atoms with Gasteiger partial charge in [-0.15, -0.1) is 10.2 Å². The molecule has 2 aromatic heterocycles. The van der Waals surface area contributed by atoms with E-state index in [0.29, 0.717) is 11.6 Å². The Morgan fingerprint density at radius 2 is 2.29 bits per heavy atom. The first-order valence-electron chi connectivity index (χ1n) is 7.39. The maximum Gasteiger partial charge on any atom is 0.249 e. The number of imidazole rings is 1. The molecular weight excluding hydrogens is 326 g/mol. The third-order valence-electron chi connectivity index (χ3n) is 3.54. The fraction of sp³-hybridized carbons (Fsp3) is 0.250. The van der Waals surface area contributed by atoms with Crippen molar-refractivity contribution in [3.05, 3.63) is 53.6 Å². The number of benzene rings is 1. The zero-order valence-corrected chi connectivity index (χ0v) is 14.2. The van der Waals surface area contributed by atoms with Gasteiger partial charge in [-0.2, -0.15) is 0 Å². The van der Waals surface area contributed by atoms with Crippen LogP contribution in [0.2, 0.25) is 0 Å². The Bertz CT molecular complexity index is 816. The fourth-order valence-corrected chi connectivity index (χ4v) is 2.95. The van der Waals surface area contributed by atoms with E-state index in [1.54, 1.807) is 37.3 Å². The number of anilines is 1. The molecule has 0 radical (unpaired) electrons. The first kappa shape index (κ1) is 16.1. The van der Waals surface area contributed by atoms with Gasteiger partial charge in [-0.25, -0.2) is 4.98 Å². The van der Waals surface area contributed by atoms with Gasteiger partial charge in [0.1, 0.15) is 16.8 Å². The molecule has 0 spiro atoms. The number of nitrogens with zero attached hydrogens (tertiary/aromatic N) is 4. The van der Waals surface area contributed by atoms with E-state index >= 15 is 0 Å². The lowest BCUT2D eigenvalue weighted by Crippen LogP contribution is -2.22. The van der Waals surface area contributed by atoms with Gasteiger partial charge in [0.15, 0.2) is 0 Å². The molecule has 0 aliphatic carbocycles. The highest BCUT2D eigenvalue weighted by molar-refractivity contribution is 7.15. The Labute approximate surface area is 143 Å². The Balaban J connectivity index is 1.64. The summed E-state index contributed by atoms with van der Waals surface area (Å²) in [7, 11) is 1.64. The van der Waals surface area contributed by atoms with Gasteiger partial charge in [0, 0.05) is 18.8 Å². The minimum atomic E-state index is -0.363. The summed E-state index contributed by atoms with van der Waals surface area (Å²) in [5, 5.41) is 12.3. The van der Waals surface area contributed by atoms with E-state index in [2.05, 4.69) is 20.5 Å². The summed E-state index contributed by atoms with van der Waals surface area (Å²) >= 11 is 1.36. The number of carbonyl (C=O) groups excluding carboxylic acids is 1. The normalized spacial score (nSPS) is 11.9. The van der Waals surface area contributed by atoms with Crippen LogP contribution < -0.4 is 10.1 Å². The molecule has 1 atom stereocenters. The van der Waals surface area contributed by atoms with Crippen molar-refractivity contribution < 1.29 is 9.53 Å². The Kier molecular flexibility index (Phi) is 4.85. The van der Waals surface area contributed by atoms with E-state index in [9.17, 15) is 4.79 Å². The number of carbonyl (C=O) groups is 1. The highest BCUT2D eigenvalue weighted by atomic mass is 32.1. The molecule has 1 N–H and O–H groups in total. The predicted octanol–water partition coefficient (Wildman–Crippen LogP) is 2.53. The smallest absolute Gasteiger partial charge is 0.249 e. The van der Waals surface area contributed by atoms with Crippen LogP contribution in [0.15, 0.2) is 43.0 Å². The SMILES string of the molecule is COc1cccc(Cc2nnc(NC(=O)C(C)n3ccnc3)s2)c1. The summed E-state index contributed by atoms with van der Waals surface area (Å²) in [6.45, 7) is 1.80. The number of methoxy groups -OCH3 is 1. The van der Waals surface area contributed by atoms with E-state index in [1.165, 1.54) is 11.3 Å². The number of aromatic nitrogens is 4. The molecule has 0 saturated heterocycles. The minimum absolute atomic E-state index is 0.155. The van der Waals surface area contributed by atoms with E-state index in [0.717, 1.165) is 16.3 Å². The van der Waals surface area contributed by atoms with Gasteiger partial charge >= 0.3 is 0 Å². The van der Waals surface area contributed by atoms with Gasteiger partial charge in [0.05, 0.1) is 13.4 Å². The second-order valence-electron chi connectivity index (χ2n) is 5.20. The van der Waals surface area contributed by atoms with Crippen molar-refractivity contribution >= 4 is 22.4 Å². The zero-order valence-electron chi connectivity index (χ0n) is 13.3. The van der Waals surface area contributed by atoms with Crippen LogP contribution in [-0.2, 0) is 11.2 Å². The number of hydrogen-bond donors (Lipinski definition) is 1. The molecule has 0 aliphatic rings. The lowest BCUT2D eigenvalue weighted by Gasteiger charge is -2.11. The average Bonchev–Trinajstić information content (AvgIpc) is 3.26. The van der Waals surface area contributed by atoms with Crippen LogP contribution in [-0.4, -0.2) is 32.8 Å². The standard InChI is InChI=1S/C16H17N5O2S/c1-11(21-7-6-17-10-21)15(22)18-16-20-19-14(24-16)9-12-4-3-5-13(8-12)23-2/h3-8,10-11H,9H2,1-2H3,(H,18,20,22). The molecular formula is C16H17N5O2S. The van der Waals surface area contributed by atoms with Crippen LogP contribution in [0.4, 0.5) is 5.13 Å². The van der Waals surface area contributed by atoms with Crippen molar-refractivity contribution in [1.29, 1.82) is 0 Å². The summed E-state index contributed by atoms with van der Waals surface area (Å²) < 4.78 is 6.94. The molecule has 0 bridgehead atoms. The summed E-state index contributed by atoms with van der Waals surface area (Å²) in [5.41, 5.74) is 1.08. The van der Waals surface area contributed by atoms with Gasteiger partial charge in [-0.1, -0.05) is 23.5 Å². The van der Waals surface area contributed by atoms with Crippen molar-refractivity contribution in [1.82, 2.24) is 19.7 Å². The van der Waals surface area contributed by atoms with Crippen LogP contribution in [0.25, 0.3) is 0 Å². The molecule has 7 nitrogen and oxygen atoms in total. The first-order valence-corrected chi connectivity index (χ1v) is 8.21. The maximum absolute atomic E-state index is 12.2. The molecule has 0 saturated carbocycles. The lowest BCUT2D eigenvalue weighted by atomic mass is 10.1. The van der Waals surface area contributed by atoms with E-state index in [1.807, 2.05) is 24.3 Å². The summed E-state index contributed by atoms with van der Waals surface area (Å²) in [5.74, 6) is 0.650. The van der Waals surface area contributed by atoms with Gasteiger partial charge in [-0.05, 0) is 24.6 Å². The third kappa shape index (κ3) is 3.77. The number of rotatable bonds is 6. The van der Waals surface area contributed by atoms with Crippen LogP contribution in [0.5, 0.6) is 5.75 Å². The lowest BCUT2D eigenvalue weighted by molar-refractivity contribution is -0.118. The second-order valence-corrected chi connectivity index (χ2v) is 6.27. The minimum Gasteiger partial charge on any atom is -0.497 e. The molecule has 2 heterocycles. The summed E-state index contributed by atoms with van der Waals surface area (Å²) in [6.07, 6.45) is 5.64. The summed E-state index contributed by atoms with van der Waals surface area (Å²) in [4.78, 5) is 16.2. The van der Waals surface area contributed by atoms with Crippen molar-refractivity contribution in [3.8, 4) is 5.75 Å².